The smallest absolute Gasteiger partial charge is 0.0577 e. The molecule has 2 heteroatoms. The Morgan fingerprint density at radius 1 is 0.950 bits per heavy atom. The summed E-state index contributed by atoms with van der Waals surface area (Å²) in [7, 11) is 6.15. The van der Waals surface area contributed by atoms with Crippen molar-refractivity contribution < 1.29 is 0 Å². The summed E-state index contributed by atoms with van der Waals surface area (Å²) in [5, 5.41) is 3.44. The van der Waals surface area contributed by atoms with E-state index in [1.807, 2.05) is 7.05 Å². The van der Waals surface area contributed by atoms with Crippen LogP contribution in [0, 0.1) is 13.8 Å². The maximum Gasteiger partial charge on any atom is 0.0577 e. The molecule has 0 aliphatic rings. The first-order chi connectivity index (χ1) is 9.52. The van der Waals surface area contributed by atoms with Gasteiger partial charge in [-0.15, -0.1) is 0 Å². The maximum atomic E-state index is 3.44. The highest BCUT2D eigenvalue weighted by Crippen LogP contribution is 2.27. The second-order valence-corrected chi connectivity index (χ2v) is 5.57. The average molecular weight is 268 g/mol. The first kappa shape index (κ1) is 14.6. The van der Waals surface area contributed by atoms with E-state index < -0.39 is 0 Å². The maximum absolute atomic E-state index is 3.44. The van der Waals surface area contributed by atoms with Gasteiger partial charge in [0.1, 0.15) is 0 Å². The molecule has 2 aromatic carbocycles. The second-order valence-electron chi connectivity index (χ2n) is 5.57. The Kier molecular flexibility index (Phi) is 4.46. The highest BCUT2D eigenvalue weighted by molar-refractivity contribution is 5.48. The van der Waals surface area contributed by atoms with E-state index in [9.17, 15) is 0 Å². The van der Waals surface area contributed by atoms with Crippen molar-refractivity contribution in [2.24, 2.45) is 0 Å². The summed E-state index contributed by atoms with van der Waals surface area (Å²) < 4.78 is 0. The lowest BCUT2D eigenvalue weighted by Gasteiger charge is -2.21. The topological polar surface area (TPSA) is 15.3 Å². The fraction of sp³-hybridized carbons (Fsp3) is 0.333. The molecule has 0 aliphatic carbocycles. The summed E-state index contributed by atoms with van der Waals surface area (Å²) in [6.45, 7) is 4.32. The molecular weight excluding hydrogens is 244 g/mol. The Labute approximate surface area is 122 Å². The number of rotatable bonds is 4. The predicted octanol–water partition coefficient (Wildman–Crippen LogP) is 3.68. The second kappa shape index (κ2) is 6.10. The zero-order valence-corrected chi connectivity index (χ0v) is 13.1. The Hall–Kier alpha value is -1.80. The third kappa shape index (κ3) is 3.02. The van der Waals surface area contributed by atoms with E-state index in [0.717, 1.165) is 0 Å². The molecule has 2 rings (SSSR count). The van der Waals surface area contributed by atoms with Gasteiger partial charge in [-0.05, 0) is 49.7 Å². The van der Waals surface area contributed by atoms with Crippen molar-refractivity contribution in [1.82, 2.24) is 5.32 Å². The van der Waals surface area contributed by atoms with Gasteiger partial charge in [0.05, 0.1) is 6.04 Å². The largest absolute Gasteiger partial charge is 0.378 e. The minimum Gasteiger partial charge on any atom is -0.378 e. The van der Waals surface area contributed by atoms with Gasteiger partial charge in [-0.3, -0.25) is 0 Å². The number of hydrogen-bond acceptors (Lipinski definition) is 2. The molecule has 1 atom stereocenters. The zero-order valence-electron chi connectivity index (χ0n) is 13.1. The first-order valence-electron chi connectivity index (χ1n) is 7.04. The van der Waals surface area contributed by atoms with Gasteiger partial charge in [0.25, 0.3) is 0 Å². The van der Waals surface area contributed by atoms with Crippen LogP contribution in [0.1, 0.15) is 28.3 Å². The number of anilines is 1. The van der Waals surface area contributed by atoms with Crippen molar-refractivity contribution in [2.45, 2.75) is 19.9 Å². The molecule has 0 spiro atoms. The molecule has 20 heavy (non-hydrogen) atoms. The summed E-state index contributed by atoms with van der Waals surface area (Å²) >= 11 is 0. The molecule has 0 amide bonds. The van der Waals surface area contributed by atoms with E-state index in [0.29, 0.717) is 0 Å². The number of hydrogen-bond donors (Lipinski definition) is 1. The van der Waals surface area contributed by atoms with Crippen LogP contribution in [-0.2, 0) is 0 Å². The molecule has 1 N–H and O–H groups in total. The molecule has 2 nitrogen and oxygen atoms in total. The monoisotopic (exact) mass is 268 g/mol. The molecule has 0 fully saturated rings. The predicted molar refractivity (Wildman–Crippen MR) is 87.6 cm³/mol. The van der Waals surface area contributed by atoms with Gasteiger partial charge in [0.2, 0.25) is 0 Å². The SMILES string of the molecule is CNC(c1ccc(N(C)C)cc1)c1cc(C)ccc1C. The third-order valence-electron chi connectivity index (χ3n) is 3.78. The van der Waals surface area contributed by atoms with Crippen LogP contribution in [0.15, 0.2) is 42.5 Å². The lowest BCUT2D eigenvalue weighted by atomic mass is 9.93. The summed E-state index contributed by atoms with van der Waals surface area (Å²) in [5.41, 5.74) is 6.50. The van der Waals surface area contributed by atoms with Gasteiger partial charge >= 0.3 is 0 Å². The van der Waals surface area contributed by atoms with Crippen molar-refractivity contribution in [1.29, 1.82) is 0 Å². The standard InChI is InChI=1S/C18H24N2/c1-13-6-7-14(2)17(12-13)18(19-3)15-8-10-16(11-9-15)20(4)5/h6-12,18-19H,1-5H3. The van der Waals surface area contributed by atoms with Crippen LogP contribution < -0.4 is 10.2 Å². The number of nitrogens with zero attached hydrogens (tertiary/aromatic N) is 1. The summed E-state index contributed by atoms with van der Waals surface area (Å²) in [5.74, 6) is 0. The van der Waals surface area contributed by atoms with Crippen molar-refractivity contribution in [3.63, 3.8) is 0 Å². The lowest BCUT2D eigenvalue weighted by Crippen LogP contribution is -2.19. The number of aryl methyl sites for hydroxylation is 2. The van der Waals surface area contributed by atoms with E-state index in [2.05, 4.69) is 80.6 Å². The van der Waals surface area contributed by atoms with Crippen molar-refractivity contribution in [3.8, 4) is 0 Å². The minimum absolute atomic E-state index is 0.242. The summed E-state index contributed by atoms with van der Waals surface area (Å²) in [4.78, 5) is 2.12. The minimum atomic E-state index is 0.242. The third-order valence-corrected chi connectivity index (χ3v) is 3.78. The van der Waals surface area contributed by atoms with E-state index in [4.69, 9.17) is 0 Å². The molecule has 106 valence electrons. The molecule has 0 saturated carbocycles. The van der Waals surface area contributed by atoms with Gasteiger partial charge in [0, 0.05) is 19.8 Å². The van der Waals surface area contributed by atoms with Crippen LogP contribution in [0.3, 0.4) is 0 Å². The van der Waals surface area contributed by atoms with Gasteiger partial charge < -0.3 is 10.2 Å². The lowest BCUT2D eigenvalue weighted by molar-refractivity contribution is 0.687. The van der Waals surface area contributed by atoms with Gasteiger partial charge in [0.15, 0.2) is 0 Å². The van der Waals surface area contributed by atoms with Crippen LogP contribution in [0.4, 0.5) is 5.69 Å². The Balaban J connectivity index is 2.39. The fourth-order valence-electron chi connectivity index (χ4n) is 2.54. The fourth-order valence-corrected chi connectivity index (χ4v) is 2.54. The molecule has 0 aromatic heterocycles. The zero-order chi connectivity index (χ0) is 14.7. The normalized spacial score (nSPS) is 12.2. The van der Waals surface area contributed by atoms with Crippen molar-refractivity contribution in [2.75, 3.05) is 26.0 Å². The van der Waals surface area contributed by atoms with Crippen LogP contribution >= 0.6 is 0 Å². The van der Waals surface area contributed by atoms with E-state index in [1.54, 1.807) is 0 Å². The average Bonchev–Trinajstić information content (AvgIpc) is 2.44. The van der Waals surface area contributed by atoms with Crippen LogP contribution in [-0.4, -0.2) is 21.1 Å². The van der Waals surface area contributed by atoms with E-state index >= 15 is 0 Å². The summed E-state index contributed by atoms with van der Waals surface area (Å²) in [6, 6.07) is 15.6. The van der Waals surface area contributed by atoms with Crippen molar-refractivity contribution >= 4 is 5.69 Å². The highest BCUT2D eigenvalue weighted by atomic mass is 15.1. The number of nitrogens with one attached hydrogen (secondary N) is 1. The molecule has 2 aromatic rings. The molecule has 0 radical (unpaired) electrons. The van der Waals surface area contributed by atoms with Crippen LogP contribution in [0.2, 0.25) is 0 Å². The van der Waals surface area contributed by atoms with E-state index in [-0.39, 0.29) is 6.04 Å². The molecule has 0 saturated heterocycles. The molecule has 0 bridgehead atoms. The van der Waals surface area contributed by atoms with Gasteiger partial charge in [-0.1, -0.05) is 35.9 Å². The van der Waals surface area contributed by atoms with E-state index in [1.165, 1.54) is 27.9 Å². The summed E-state index contributed by atoms with van der Waals surface area (Å²) in [6.07, 6.45) is 0. The molecule has 0 aliphatic heterocycles. The Morgan fingerprint density at radius 3 is 2.15 bits per heavy atom. The van der Waals surface area contributed by atoms with Crippen molar-refractivity contribution in [3.05, 3.63) is 64.7 Å². The van der Waals surface area contributed by atoms with Crippen LogP contribution in [0.25, 0.3) is 0 Å². The molecule has 1 unspecified atom stereocenters. The van der Waals surface area contributed by atoms with Crippen LogP contribution in [0.5, 0.6) is 0 Å². The molecular formula is C18H24N2. The van der Waals surface area contributed by atoms with Gasteiger partial charge in [-0.2, -0.15) is 0 Å². The Bertz CT molecular complexity index is 570. The van der Waals surface area contributed by atoms with Gasteiger partial charge in [-0.25, -0.2) is 0 Å². The Morgan fingerprint density at radius 2 is 1.60 bits per heavy atom. The highest BCUT2D eigenvalue weighted by Gasteiger charge is 2.14. The molecule has 0 heterocycles. The first-order valence-corrected chi connectivity index (χ1v) is 7.04. The quantitative estimate of drug-likeness (QED) is 0.910. The number of benzene rings is 2.